The summed E-state index contributed by atoms with van der Waals surface area (Å²) in [4.78, 5) is 31.9. The molecule has 3 N–H and O–H groups in total. The zero-order valence-electron chi connectivity index (χ0n) is 7.67. The van der Waals surface area contributed by atoms with Crippen LogP contribution in [-0.2, 0) is 0 Å². The van der Waals surface area contributed by atoms with Crippen LogP contribution in [0.5, 0.6) is 0 Å². The minimum Gasteiger partial charge on any atom is -0.478 e. The quantitative estimate of drug-likeness (QED) is 0.590. The number of benzene rings is 1. The molecular weight excluding hydrogens is 236 g/mol. The highest BCUT2D eigenvalue weighted by Crippen LogP contribution is 2.22. The first-order chi connectivity index (χ1) is 7.34. The molecule has 1 aromatic carbocycles. The Labute approximate surface area is 94.5 Å². The predicted molar refractivity (Wildman–Crippen MR) is 54.6 cm³/mol. The molecule has 0 aliphatic carbocycles. The van der Waals surface area contributed by atoms with Gasteiger partial charge in [0.25, 0.3) is 0 Å². The average molecular weight is 242 g/mol. The average Bonchev–Trinajstić information content (AvgIpc) is 2.16. The van der Waals surface area contributed by atoms with E-state index in [-0.39, 0.29) is 4.90 Å². The van der Waals surface area contributed by atoms with E-state index < -0.39 is 34.6 Å². The molecular formula is C9H6O6S. The van der Waals surface area contributed by atoms with Crippen molar-refractivity contribution in [3.8, 4) is 0 Å². The van der Waals surface area contributed by atoms with E-state index in [0.717, 1.165) is 12.1 Å². The maximum atomic E-state index is 10.7. The van der Waals surface area contributed by atoms with Crippen LogP contribution in [0.1, 0.15) is 31.1 Å². The molecule has 0 amide bonds. The molecule has 7 heteroatoms. The van der Waals surface area contributed by atoms with Gasteiger partial charge in [0, 0.05) is 4.90 Å². The van der Waals surface area contributed by atoms with Crippen LogP contribution in [0, 0.1) is 0 Å². The number of carbonyl (C=O) groups is 3. The van der Waals surface area contributed by atoms with Crippen LogP contribution in [0.15, 0.2) is 17.0 Å². The molecule has 0 fully saturated rings. The lowest BCUT2D eigenvalue weighted by atomic mass is 10.1. The van der Waals surface area contributed by atoms with Gasteiger partial charge in [-0.1, -0.05) is 0 Å². The minimum atomic E-state index is -1.43. The molecule has 16 heavy (non-hydrogen) atoms. The summed E-state index contributed by atoms with van der Waals surface area (Å²) in [5.41, 5.74) is -1.33. The van der Waals surface area contributed by atoms with E-state index in [9.17, 15) is 14.4 Å². The highest BCUT2D eigenvalue weighted by atomic mass is 32.1. The fraction of sp³-hybridized carbons (Fsp3) is 0. The first kappa shape index (κ1) is 12.1. The van der Waals surface area contributed by atoms with E-state index in [1.54, 1.807) is 0 Å². The van der Waals surface area contributed by atoms with Gasteiger partial charge in [-0.25, -0.2) is 14.4 Å². The summed E-state index contributed by atoms with van der Waals surface area (Å²) in [6, 6.07) is 1.72. The molecule has 0 bridgehead atoms. The maximum Gasteiger partial charge on any atom is 0.336 e. The summed E-state index contributed by atoms with van der Waals surface area (Å²) < 4.78 is 0. The lowest BCUT2D eigenvalue weighted by Gasteiger charge is -2.05. The molecule has 0 radical (unpaired) electrons. The Morgan fingerprint density at radius 1 is 0.875 bits per heavy atom. The zero-order valence-corrected chi connectivity index (χ0v) is 8.56. The molecule has 1 aromatic rings. The van der Waals surface area contributed by atoms with E-state index >= 15 is 0 Å². The molecule has 0 unspecified atom stereocenters. The van der Waals surface area contributed by atoms with Crippen molar-refractivity contribution in [2.75, 3.05) is 0 Å². The van der Waals surface area contributed by atoms with Gasteiger partial charge in [-0.3, -0.25) is 0 Å². The van der Waals surface area contributed by atoms with Gasteiger partial charge in [-0.2, -0.15) is 0 Å². The molecule has 0 aliphatic rings. The number of rotatable bonds is 3. The van der Waals surface area contributed by atoms with Gasteiger partial charge < -0.3 is 15.3 Å². The van der Waals surface area contributed by atoms with Gasteiger partial charge in [0.15, 0.2) is 0 Å². The van der Waals surface area contributed by atoms with E-state index in [1.807, 2.05) is 0 Å². The summed E-state index contributed by atoms with van der Waals surface area (Å²) in [6.45, 7) is 0. The lowest BCUT2D eigenvalue weighted by molar-refractivity contribution is 0.0690. The van der Waals surface area contributed by atoms with E-state index in [2.05, 4.69) is 12.6 Å². The summed E-state index contributed by atoms with van der Waals surface area (Å²) in [7, 11) is 0. The van der Waals surface area contributed by atoms with Crippen LogP contribution in [0.3, 0.4) is 0 Å². The van der Waals surface area contributed by atoms with Gasteiger partial charge >= 0.3 is 17.9 Å². The van der Waals surface area contributed by atoms with Crippen molar-refractivity contribution in [3.63, 3.8) is 0 Å². The third-order valence-electron chi connectivity index (χ3n) is 1.82. The first-order valence-electron chi connectivity index (χ1n) is 3.91. The van der Waals surface area contributed by atoms with Crippen LogP contribution in [-0.4, -0.2) is 33.2 Å². The largest absolute Gasteiger partial charge is 0.478 e. The van der Waals surface area contributed by atoms with Crippen molar-refractivity contribution in [2.24, 2.45) is 0 Å². The van der Waals surface area contributed by atoms with Crippen molar-refractivity contribution >= 4 is 30.5 Å². The van der Waals surface area contributed by atoms with Gasteiger partial charge in [0.1, 0.15) is 0 Å². The Kier molecular flexibility index (Phi) is 3.19. The van der Waals surface area contributed by atoms with E-state index in [1.165, 1.54) is 0 Å². The normalized spacial score (nSPS) is 9.81. The van der Waals surface area contributed by atoms with Gasteiger partial charge in [0.05, 0.1) is 16.7 Å². The Hall–Kier alpha value is -2.02. The Morgan fingerprint density at radius 3 is 1.50 bits per heavy atom. The standard InChI is InChI=1S/C9H6O6S/c10-7(11)3-1-4(8(12)13)6(16)5(2-3)9(14)15/h1-2,16H,(H,10,11)(H,12,13)(H,14,15). The highest BCUT2D eigenvalue weighted by Gasteiger charge is 2.19. The zero-order chi connectivity index (χ0) is 12.5. The molecule has 0 atom stereocenters. The summed E-state index contributed by atoms with van der Waals surface area (Å²) in [5.74, 6) is -4.27. The van der Waals surface area contributed by atoms with Gasteiger partial charge in [-0.15, -0.1) is 12.6 Å². The number of thiol groups is 1. The number of carboxylic acids is 3. The summed E-state index contributed by atoms with van der Waals surface area (Å²) in [6.07, 6.45) is 0. The molecule has 84 valence electrons. The molecule has 6 nitrogen and oxygen atoms in total. The van der Waals surface area contributed by atoms with Crippen LogP contribution < -0.4 is 0 Å². The topological polar surface area (TPSA) is 112 Å². The monoisotopic (exact) mass is 242 g/mol. The van der Waals surface area contributed by atoms with Crippen LogP contribution in [0.2, 0.25) is 0 Å². The SMILES string of the molecule is O=C(O)c1cc(C(=O)O)c(S)c(C(=O)O)c1. The number of hydrogen-bond donors (Lipinski definition) is 4. The summed E-state index contributed by atoms with van der Waals surface area (Å²) in [5, 5.41) is 26.2. The minimum absolute atomic E-state index is 0.273. The third-order valence-corrected chi connectivity index (χ3v) is 2.30. The Bertz CT molecular complexity index is 458. The molecule has 0 heterocycles. The smallest absolute Gasteiger partial charge is 0.336 e. The van der Waals surface area contributed by atoms with E-state index in [0.29, 0.717) is 0 Å². The van der Waals surface area contributed by atoms with Crippen molar-refractivity contribution in [3.05, 3.63) is 28.8 Å². The second-order valence-electron chi connectivity index (χ2n) is 2.84. The fourth-order valence-electron chi connectivity index (χ4n) is 1.08. The number of hydrogen-bond acceptors (Lipinski definition) is 4. The molecule has 0 saturated carbocycles. The fourth-order valence-corrected chi connectivity index (χ4v) is 1.40. The van der Waals surface area contributed by atoms with Crippen LogP contribution in [0.4, 0.5) is 0 Å². The third kappa shape index (κ3) is 2.14. The van der Waals surface area contributed by atoms with Crippen LogP contribution in [0.25, 0.3) is 0 Å². The number of carboxylic acid groups (broad SMARTS) is 3. The first-order valence-corrected chi connectivity index (χ1v) is 4.36. The molecule has 1 rings (SSSR count). The van der Waals surface area contributed by atoms with Crippen molar-refractivity contribution in [1.82, 2.24) is 0 Å². The number of aromatic carboxylic acids is 3. The van der Waals surface area contributed by atoms with Crippen LogP contribution >= 0.6 is 12.6 Å². The Balaban J connectivity index is 3.57. The van der Waals surface area contributed by atoms with Crippen molar-refractivity contribution < 1.29 is 29.7 Å². The van der Waals surface area contributed by atoms with E-state index in [4.69, 9.17) is 15.3 Å². The second kappa shape index (κ2) is 4.23. The van der Waals surface area contributed by atoms with Crippen molar-refractivity contribution in [1.29, 1.82) is 0 Å². The predicted octanol–water partition coefficient (Wildman–Crippen LogP) is 1.07. The highest BCUT2D eigenvalue weighted by molar-refractivity contribution is 7.80. The molecule has 0 aliphatic heterocycles. The summed E-state index contributed by atoms with van der Waals surface area (Å²) >= 11 is 3.75. The second-order valence-corrected chi connectivity index (χ2v) is 3.28. The van der Waals surface area contributed by atoms with Gasteiger partial charge in [0.2, 0.25) is 0 Å². The lowest BCUT2D eigenvalue weighted by Crippen LogP contribution is -2.09. The molecule has 0 aromatic heterocycles. The Morgan fingerprint density at radius 2 is 1.25 bits per heavy atom. The van der Waals surface area contributed by atoms with Gasteiger partial charge in [-0.05, 0) is 12.1 Å². The van der Waals surface area contributed by atoms with Crippen molar-refractivity contribution in [2.45, 2.75) is 4.90 Å². The molecule has 0 spiro atoms. The maximum absolute atomic E-state index is 10.7. The molecule has 0 saturated heterocycles.